The van der Waals surface area contributed by atoms with E-state index in [1.807, 2.05) is 11.7 Å². The molecule has 1 N–H and O–H groups in total. The van der Waals surface area contributed by atoms with E-state index in [0.29, 0.717) is 6.04 Å². The molecule has 0 atom stereocenters. The third-order valence-electron chi connectivity index (χ3n) is 3.38. The standard InChI is InChI=1S/C13H16BrN3O/c1-17-12-8-9(14)2-3-11(12)13(16-17)15-10-4-6-18-7-5-10/h2-3,8,10H,4-7H2,1H3,(H,15,16). The van der Waals surface area contributed by atoms with Gasteiger partial charge in [-0.3, -0.25) is 4.68 Å². The van der Waals surface area contributed by atoms with E-state index in [9.17, 15) is 0 Å². The molecule has 4 nitrogen and oxygen atoms in total. The summed E-state index contributed by atoms with van der Waals surface area (Å²) >= 11 is 3.50. The highest BCUT2D eigenvalue weighted by molar-refractivity contribution is 9.10. The van der Waals surface area contributed by atoms with Crippen molar-refractivity contribution in [3.8, 4) is 0 Å². The molecule has 18 heavy (non-hydrogen) atoms. The van der Waals surface area contributed by atoms with Crippen LogP contribution in [0.3, 0.4) is 0 Å². The molecule has 1 aliphatic heterocycles. The third kappa shape index (κ3) is 2.24. The summed E-state index contributed by atoms with van der Waals surface area (Å²) in [5.41, 5.74) is 1.14. The fourth-order valence-electron chi connectivity index (χ4n) is 2.37. The van der Waals surface area contributed by atoms with E-state index in [1.54, 1.807) is 0 Å². The summed E-state index contributed by atoms with van der Waals surface area (Å²) in [4.78, 5) is 0. The van der Waals surface area contributed by atoms with E-state index in [2.05, 4.69) is 44.5 Å². The van der Waals surface area contributed by atoms with Gasteiger partial charge in [0.2, 0.25) is 0 Å². The molecule has 1 fully saturated rings. The van der Waals surface area contributed by atoms with Crippen molar-refractivity contribution in [1.29, 1.82) is 0 Å². The van der Waals surface area contributed by atoms with Crippen molar-refractivity contribution in [2.45, 2.75) is 18.9 Å². The van der Waals surface area contributed by atoms with Crippen LogP contribution in [-0.4, -0.2) is 29.0 Å². The molecule has 2 heterocycles. The van der Waals surface area contributed by atoms with E-state index in [1.165, 1.54) is 5.39 Å². The normalized spacial score (nSPS) is 17.2. The Hall–Kier alpha value is -1.07. The predicted octanol–water partition coefficient (Wildman–Crippen LogP) is 2.93. The van der Waals surface area contributed by atoms with Gasteiger partial charge in [0, 0.05) is 36.2 Å². The average Bonchev–Trinajstić information content (AvgIpc) is 2.67. The quantitative estimate of drug-likeness (QED) is 0.927. The van der Waals surface area contributed by atoms with E-state index in [0.717, 1.165) is 41.9 Å². The van der Waals surface area contributed by atoms with Gasteiger partial charge in [-0.1, -0.05) is 15.9 Å². The van der Waals surface area contributed by atoms with Crippen LogP contribution in [0.15, 0.2) is 22.7 Å². The second kappa shape index (κ2) is 4.90. The summed E-state index contributed by atoms with van der Waals surface area (Å²) in [6.07, 6.45) is 2.10. The number of rotatable bonds is 2. The summed E-state index contributed by atoms with van der Waals surface area (Å²) in [5, 5.41) is 9.28. The number of nitrogens with one attached hydrogen (secondary N) is 1. The number of aromatic nitrogens is 2. The minimum atomic E-state index is 0.473. The van der Waals surface area contributed by atoms with Gasteiger partial charge in [-0.15, -0.1) is 0 Å². The zero-order valence-electron chi connectivity index (χ0n) is 10.3. The van der Waals surface area contributed by atoms with Crippen LogP contribution in [0, 0.1) is 0 Å². The lowest BCUT2D eigenvalue weighted by Gasteiger charge is -2.23. The minimum absolute atomic E-state index is 0.473. The molecule has 1 aliphatic rings. The molecule has 1 aromatic carbocycles. The molecule has 96 valence electrons. The number of aryl methyl sites for hydroxylation is 1. The molecule has 0 saturated carbocycles. The van der Waals surface area contributed by atoms with Crippen molar-refractivity contribution in [3.05, 3.63) is 22.7 Å². The maximum absolute atomic E-state index is 5.37. The van der Waals surface area contributed by atoms with Crippen molar-refractivity contribution in [1.82, 2.24) is 9.78 Å². The monoisotopic (exact) mass is 309 g/mol. The Labute approximate surface area is 114 Å². The van der Waals surface area contributed by atoms with Crippen LogP contribution in [0.5, 0.6) is 0 Å². The predicted molar refractivity (Wildman–Crippen MR) is 75.9 cm³/mol. The summed E-state index contributed by atoms with van der Waals surface area (Å²) in [7, 11) is 1.98. The van der Waals surface area contributed by atoms with E-state index < -0.39 is 0 Å². The molecule has 5 heteroatoms. The van der Waals surface area contributed by atoms with E-state index in [-0.39, 0.29) is 0 Å². The number of fused-ring (bicyclic) bond motifs is 1. The largest absolute Gasteiger partial charge is 0.381 e. The van der Waals surface area contributed by atoms with Gasteiger partial charge in [-0.2, -0.15) is 5.10 Å². The van der Waals surface area contributed by atoms with E-state index >= 15 is 0 Å². The molecule has 0 aliphatic carbocycles. The second-order valence-electron chi connectivity index (χ2n) is 4.66. The molecule has 0 amide bonds. The molecule has 1 aromatic heterocycles. The Kier molecular flexibility index (Phi) is 3.26. The molecule has 0 bridgehead atoms. The Morgan fingerprint density at radius 3 is 2.94 bits per heavy atom. The number of nitrogens with zero attached hydrogens (tertiary/aromatic N) is 2. The van der Waals surface area contributed by atoms with Crippen LogP contribution in [-0.2, 0) is 11.8 Å². The van der Waals surface area contributed by atoms with Crippen LogP contribution in [0.25, 0.3) is 10.9 Å². The first kappa shape index (κ1) is 12.0. The third-order valence-corrected chi connectivity index (χ3v) is 3.87. The highest BCUT2D eigenvalue weighted by Gasteiger charge is 2.16. The van der Waals surface area contributed by atoms with Gasteiger partial charge in [-0.25, -0.2) is 0 Å². The van der Waals surface area contributed by atoms with Crippen LogP contribution in [0.1, 0.15) is 12.8 Å². The van der Waals surface area contributed by atoms with Gasteiger partial charge in [-0.05, 0) is 31.0 Å². The first-order valence-electron chi connectivity index (χ1n) is 6.20. The number of anilines is 1. The molecule has 1 saturated heterocycles. The van der Waals surface area contributed by atoms with E-state index in [4.69, 9.17) is 4.74 Å². The Balaban J connectivity index is 1.91. The van der Waals surface area contributed by atoms with Gasteiger partial charge < -0.3 is 10.1 Å². The summed E-state index contributed by atoms with van der Waals surface area (Å²) in [6, 6.07) is 6.73. The van der Waals surface area contributed by atoms with Gasteiger partial charge in [0.15, 0.2) is 5.82 Å². The van der Waals surface area contributed by atoms with Crippen LogP contribution in [0.2, 0.25) is 0 Å². The van der Waals surface area contributed by atoms with Gasteiger partial charge >= 0.3 is 0 Å². The Bertz CT molecular complexity index is 561. The van der Waals surface area contributed by atoms with Gasteiger partial charge in [0.25, 0.3) is 0 Å². The maximum atomic E-state index is 5.37. The molecule has 2 aromatic rings. The first-order valence-corrected chi connectivity index (χ1v) is 7.00. The van der Waals surface area contributed by atoms with Gasteiger partial charge in [0.1, 0.15) is 0 Å². The lowest BCUT2D eigenvalue weighted by atomic mass is 10.1. The first-order chi connectivity index (χ1) is 8.74. The van der Waals surface area contributed by atoms with Crippen molar-refractivity contribution < 1.29 is 4.74 Å². The minimum Gasteiger partial charge on any atom is -0.381 e. The van der Waals surface area contributed by atoms with Crippen molar-refractivity contribution >= 4 is 32.7 Å². The summed E-state index contributed by atoms with van der Waals surface area (Å²) in [5.74, 6) is 0.979. The fourth-order valence-corrected chi connectivity index (χ4v) is 2.72. The lowest BCUT2D eigenvalue weighted by Crippen LogP contribution is -2.28. The zero-order chi connectivity index (χ0) is 12.5. The zero-order valence-corrected chi connectivity index (χ0v) is 11.9. The van der Waals surface area contributed by atoms with Crippen LogP contribution in [0.4, 0.5) is 5.82 Å². The topological polar surface area (TPSA) is 39.1 Å². The number of benzene rings is 1. The number of ether oxygens (including phenoxy) is 1. The lowest BCUT2D eigenvalue weighted by molar-refractivity contribution is 0.0904. The van der Waals surface area contributed by atoms with Crippen molar-refractivity contribution in [2.75, 3.05) is 18.5 Å². The molecule has 0 radical (unpaired) electrons. The molecular weight excluding hydrogens is 294 g/mol. The summed E-state index contributed by atoms with van der Waals surface area (Å²) < 4.78 is 8.37. The average molecular weight is 310 g/mol. The molecule has 3 rings (SSSR count). The van der Waals surface area contributed by atoms with Crippen LogP contribution >= 0.6 is 15.9 Å². The SMILES string of the molecule is Cn1nc(NC2CCOCC2)c2ccc(Br)cc21. The van der Waals surface area contributed by atoms with Crippen LogP contribution < -0.4 is 5.32 Å². The smallest absolute Gasteiger partial charge is 0.156 e. The molecule has 0 spiro atoms. The highest BCUT2D eigenvalue weighted by atomic mass is 79.9. The van der Waals surface area contributed by atoms with Crippen molar-refractivity contribution in [2.24, 2.45) is 7.05 Å². The maximum Gasteiger partial charge on any atom is 0.156 e. The number of hydrogen-bond acceptors (Lipinski definition) is 3. The summed E-state index contributed by atoms with van der Waals surface area (Å²) in [6.45, 7) is 1.68. The van der Waals surface area contributed by atoms with Gasteiger partial charge in [0.05, 0.1) is 5.52 Å². The molecule has 0 unspecified atom stereocenters. The highest BCUT2D eigenvalue weighted by Crippen LogP contribution is 2.26. The number of halogens is 1. The second-order valence-corrected chi connectivity index (χ2v) is 5.58. The Morgan fingerprint density at radius 2 is 2.17 bits per heavy atom. The molecular formula is C13H16BrN3O. The fraction of sp³-hybridized carbons (Fsp3) is 0.462. The van der Waals surface area contributed by atoms with Crippen molar-refractivity contribution in [3.63, 3.8) is 0 Å². The Morgan fingerprint density at radius 1 is 1.39 bits per heavy atom. The number of hydrogen-bond donors (Lipinski definition) is 1.